The fraction of sp³-hybridized carbons (Fsp3) is 0.423. The van der Waals surface area contributed by atoms with E-state index in [-0.39, 0.29) is 37.2 Å². The van der Waals surface area contributed by atoms with Gasteiger partial charge in [0.1, 0.15) is 6.61 Å². The Morgan fingerprint density at radius 2 is 1.64 bits per heavy atom. The van der Waals surface area contributed by atoms with Crippen molar-refractivity contribution in [3.8, 4) is 11.1 Å². The topological polar surface area (TPSA) is 105 Å². The van der Waals surface area contributed by atoms with Crippen molar-refractivity contribution in [2.45, 2.75) is 57.0 Å². The molecule has 0 spiro atoms. The number of carbonyl (C=O) groups is 3. The molecule has 0 saturated heterocycles. The Morgan fingerprint density at radius 3 is 2.18 bits per heavy atom. The average Bonchev–Trinajstić information content (AvgIpc) is 3.56. The number of ether oxygens (including phenoxy) is 1. The monoisotopic (exact) mass is 450 g/mol. The highest BCUT2D eigenvalue weighted by Crippen LogP contribution is 2.44. The van der Waals surface area contributed by atoms with E-state index in [4.69, 9.17) is 4.74 Å². The maximum atomic E-state index is 12.5. The van der Waals surface area contributed by atoms with Crippen molar-refractivity contribution in [3.63, 3.8) is 0 Å². The number of nitrogens with one attached hydrogen (secondary N) is 2. The molecule has 0 bridgehead atoms. The van der Waals surface area contributed by atoms with E-state index >= 15 is 0 Å². The average molecular weight is 451 g/mol. The molecule has 1 unspecified atom stereocenters. The number of alkyl carbamates (subject to hydrolysis) is 1. The standard InChI is InChI=1S/C26H30N2O5/c1-16(13-23(29)28-26(2,14-24(30)31)17-11-12-17)27-25(32)33-15-22-20-9-5-3-7-18(20)19-8-4-6-10-21(19)22/h3-10,16-17,22H,11-15H2,1-2H3,(H,27,32)(H,28,29)(H,30,31)/t16-,26?/m0/s1. The summed E-state index contributed by atoms with van der Waals surface area (Å²) < 4.78 is 5.53. The number of amides is 2. The van der Waals surface area contributed by atoms with Crippen LogP contribution in [-0.2, 0) is 14.3 Å². The van der Waals surface area contributed by atoms with Crippen LogP contribution in [0.1, 0.15) is 56.6 Å². The van der Waals surface area contributed by atoms with Gasteiger partial charge in [-0.15, -0.1) is 0 Å². The fourth-order valence-corrected chi connectivity index (χ4v) is 4.87. The minimum atomic E-state index is -0.936. The molecular formula is C26H30N2O5. The molecule has 0 aliphatic heterocycles. The van der Waals surface area contributed by atoms with Gasteiger partial charge in [-0.25, -0.2) is 4.79 Å². The third-order valence-corrected chi connectivity index (χ3v) is 6.62. The van der Waals surface area contributed by atoms with Crippen molar-refractivity contribution < 1.29 is 24.2 Å². The summed E-state index contributed by atoms with van der Waals surface area (Å²) in [5.74, 6) is -1.06. The molecule has 2 aliphatic carbocycles. The van der Waals surface area contributed by atoms with Gasteiger partial charge in [-0.3, -0.25) is 9.59 Å². The molecule has 2 atom stereocenters. The summed E-state index contributed by atoms with van der Waals surface area (Å²) in [6.07, 6.45) is 1.19. The van der Waals surface area contributed by atoms with Crippen LogP contribution in [0.4, 0.5) is 4.79 Å². The zero-order chi connectivity index (χ0) is 23.6. The van der Waals surface area contributed by atoms with Crippen LogP contribution in [0, 0.1) is 5.92 Å². The molecule has 7 nitrogen and oxygen atoms in total. The molecule has 2 aromatic carbocycles. The lowest BCUT2D eigenvalue weighted by atomic mass is 9.91. The van der Waals surface area contributed by atoms with E-state index < -0.39 is 23.6 Å². The molecule has 2 aliphatic rings. The van der Waals surface area contributed by atoms with Crippen LogP contribution >= 0.6 is 0 Å². The first-order valence-electron chi connectivity index (χ1n) is 11.4. The number of carboxylic acids is 1. The molecule has 4 rings (SSSR count). The van der Waals surface area contributed by atoms with Crippen LogP contribution in [0.3, 0.4) is 0 Å². The van der Waals surface area contributed by atoms with Crippen LogP contribution < -0.4 is 10.6 Å². The smallest absolute Gasteiger partial charge is 0.407 e. The fourth-order valence-electron chi connectivity index (χ4n) is 4.87. The van der Waals surface area contributed by atoms with Gasteiger partial charge in [-0.1, -0.05) is 48.5 Å². The second-order valence-electron chi connectivity index (χ2n) is 9.39. The molecule has 1 fully saturated rings. The van der Waals surface area contributed by atoms with Gasteiger partial charge in [0.15, 0.2) is 0 Å². The number of rotatable bonds is 9. The molecule has 3 N–H and O–H groups in total. The van der Waals surface area contributed by atoms with Crippen LogP contribution in [0.5, 0.6) is 0 Å². The van der Waals surface area contributed by atoms with Crippen molar-refractivity contribution in [2.24, 2.45) is 5.92 Å². The first kappa shape index (κ1) is 22.8. The van der Waals surface area contributed by atoms with E-state index in [1.54, 1.807) is 13.8 Å². The Bertz CT molecular complexity index is 1020. The van der Waals surface area contributed by atoms with Gasteiger partial charge < -0.3 is 20.5 Å². The lowest BCUT2D eigenvalue weighted by molar-refractivity contribution is -0.139. The molecule has 0 radical (unpaired) electrons. The van der Waals surface area contributed by atoms with Gasteiger partial charge >= 0.3 is 12.1 Å². The van der Waals surface area contributed by atoms with E-state index in [1.807, 2.05) is 24.3 Å². The van der Waals surface area contributed by atoms with Crippen molar-refractivity contribution in [1.82, 2.24) is 10.6 Å². The van der Waals surface area contributed by atoms with Gasteiger partial charge in [0.2, 0.25) is 5.91 Å². The minimum Gasteiger partial charge on any atom is -0.481 e. The van der Waals surface area contributed by atoms with Gasteiger partial charge in [0, 0.05) is 18.4 Å². The lowest BCUT2D eigenvalue weighted by Crippen LogP contribution is -2.50. The molecule has 7 heteroatoms. The predicted molar refractivity (Wildman–Crippen MR) is 124 cm³/mol. The number of benzene rings is 2. The lowest BCUT2D eigenvalue weighted by Gasteiger charge is -2.30. The molecule has 0 heterocycles. The third kappa shape index (κ3) is 5.18. The normalized spacial score (nSPS) is 17.3. The SMILES string of the molecule is C[C@@H](CC(=O)NC(C)(CC(=O)O)C1CC1)NC(=O)OCC1c2ccccc2-c2ccccc21. The van der Waals surface area contributed by atoms with E-state index in [1.165, 1.54) is 0 Å². The Kier molecular flexibility index (Phi) is 6.40. The van der Waals surface area contributed by atoms with Crippen LogP contribution in [0.2, 0.25) is 0 Å². The third-order valence-electron chi connectivity index (χ3n) is 6.62. The second kappa shape index (κ2) is 9.25. The predicted octanol–water partition coefficient (Wildman–Crippen LogP) is 4.06. The van der Waals surface area contributed by atoms with Crippen LogP contribution in [-0.4, -0.2) is 41.3 Å². The molecule has 33 heavy (non-hydrogen) atoms. The Morgan fingerprint density at radius 1 is 1.06 bits per heavy atom. The summed E-state index contributed by atoms with van der Waals surface area (Å²) in [6, 6.07) is 15.8. The van der Waals surface area contributed by atoms with Crippen molar-refractivity contribution in [3.05, 3.63) is 59.7 Å². The van der Waals surface area contributed by atoms with Gasteiger partial charge in [-0.05, 0) is 54.9 Å². The maximum Gasteiger partial charge on any atom is 0.407 e. The summed E-state index contributed by atoms with van der Waals surface area (Å²) in [5, 5.41) is 14.8. The Hall–Kier alpha value is -3.35. The maximum absolute atomic E-state index is 12.5. The zero-order valence-corrected chi connectivity index (χ0v) is 19.0. The quantitative estimate of drug-likeness (QED) is 0.534. The molecule has 0 aromatic heterocycles. The summed E-state index contributed by atoms with van der Waals surface area (Å²) in [5.41, 5.74) is 3.83. The molecule has 174 valence electrons. The van der Waals surface area contributed by atoms with E-state index in [0.717, 1.165) is 35.1 Å². The molecule has 2 aromatic rings. The summed E-state index contributed by atoms with van der Waals surface area (Å²) in [4.78, 5) is 36.1. The van der Waals surface area contributed by atoms with E-state index in [2.05, 4.69) is 34.9 Å². The van der Waals surface area contributed by atoms with Crippen LogP contribution in [0.15, 0.2) is 48.5 Å². The van der Waals surface area contributed by atoms with E-state index in [0.29, 0.717) is 0 Å². The van der Waals surface area contributed by atoms with Crippen molar-refractivity contribution in [1.29, 1.82) is 0 Å². The van der Waals surface area contributed by atoms with Gasteiger partial charge in [0.25, 0.3) is 0 Å². The summed E-state index contributed by atoms with van der Waals surface area (Å²) >= 11 is 0. The minimum absolute atomic E-state index is 0.0305. The van der Waals surface area contributed by atoms with E-state index in [9.17, 15) is 19.5 Å². The van der Waals surface area contributed by atoms with Crippen LogP contribution in [0.25, 0.3) is 11.1 Å². The molecular weight excluding hydrogens is 420 g/mol. The van der Waals surface area contributed by atoms with Crippen molar-refractivity contribution in [2.75, 3.05) is 6.61 Å². The molecule has 2 amide bonds. The number of carbonyl (C=O) groups excluding carboxylic acids is 2. The first-order valence-corrected chi connectivity index (χ1v) is 11.4. The second-order valence-corrected chi connectivity index (χ2v) is 9.39. The highest BCUT2D eigenvalue weighted by Gasteiger charge is 2.44. The summed E-state index contributed by atoms with van der Waals surface area (Å²) in [7, 11) is 0. The highest BCUT2D eigenvalue weighted by atomic mass is 16.5. The summed E-state index contributed by atoms with van der Waals surface area (Å²) in [6.45, 7) is 3.71. The number of hydrogen-bond donors (Lipinski definition) is 3. The zero-order valence-electron chi connectivity index (χ0n) is 19.0. The van der Waals surface area contributed by atoms with Crippen molar-refractivity contribution >= 4 is 18.0 Å². The number of carboxylic acid groups (broad SMARTS) is 1. The Labute approximate surface area is 193 Å². The number of aliphatic carboxylic acids is 1. The van der Waals surface area contributed by atoms with Gasteiger partial charge in [0.05, 0.1) is 12.0 Å². The highest BCUT2D eigenvalue weighted by molar-refractivity contribution is 5.80. The van der Waals surface area contributed by atoms with Gasteiger partial charge in [-0.2, -0.15) is 0 Å². The first-order chi connectivity index (χ1) is 15.8. The molecule has 1 saturated carbocycles. The number of fused-ring (bicyclic) bond motifs is 3. The Balaban J connectivity index is 1.30. The largest absolute Gasteiger partial charge is 0.481 e. The number of hydrogen-bond acceptors (Lipinski definition) is 4.